The van der Waals surface area contributed by atoms with E-state index in [1.165, 1.54) is 18.1 Å². The minimum absolute atomic E-state index is 0.123. The summed E-state index contributed by atoms with van der Waals surface area (Å²) in [6.45, 7) is 7.76. The van der Waals surface area contributed by atoms with Crippen molar-refractivity contribution in [3.8, 4) is 0 Å². The number of carbonyl (C=O) groups excluding carboxylic acids is 1. The van der Waals surface area contributed by atoms with E-state index >= 15 is 0 Å². The number of hydrogen-bond acceptors (Lipinski definition) is 2. The van der Waals surface area contributed by atoms with Crippen LogP contribution in [0.1, 0.15) is 53.4 Å². The first kappa shape index (κ1) is 13.1. The van der Waals surface area contributed by atoms with Gasteiger partial charge in [-0.2, -0.15) is 0 Å². The zero-order chi connectivity index (χ0) is 14.6. The van der Waals surface area contributed by atoms with Gasteiger partial charge in [-0.15, -0.1) is 0 Å². The van der Waals surface area contributed by atoms with Crippen molar-refractivity contribution in [2.24, 2.45) is 0 Å². The van der Waals surface area contributed by atoms with Gasteiger partial charge in [-0.1, -0.05) is 0 Å². The highest BCUT2D eigenvalue weighted by Gasteiger charge is 2.23. The van der Waals surface area contributed by atoms with E-state index in [9.17, 15) is 9.59 Å². The van der Waals surface area contributed by atoms with Crippen molar-refractivity contribution in [1.29, 1.82) is 0 Å². The molecule has 1 unspecified atom stereocenters. The van der Waals surface area contributed by atoms with Crippen molar-refractivity contribution in [3.63, 3.8) is 0 Å². The quantitative estimate of drug-likeness (QED) is 0.745. The Hall–Kier alpha value is -1.90. The number of carbonyl (C=O) groups is 1. The van der Waals surface area contributed by atoms with Crippen LogP contribution in [0.5, 0.6) is 0 Å². The fraction of sp³-hybridized carbons (Fsp3) is 0.412. The summed E-state index contributed by atoms with van der Waals surface area (Å²) >= 11 is 0. The van der Waals surface area contributed by atoms with Crippen molar-refractivity contribution in [1.82, 2.24) is 4.57 Å². The summed E-state index contributed by atoms with van der Waals surface area (Å²) in [5.74, 6) is -0.154. The highest BCUT2D eigenvalue weighted by Crippen LogP contribution is 2.33. The Bertz CT molecular complexity index is 799. The third-order valence-corrected chi connectivity index (χ3v) is 4.63. The standard InChI is InChI=1S/C17H19NO2/c1-9-7-14-16-13(11(9)3)6-5-10(2)18(16)8-15(12(4)19)17(14)20/h7-8,10H,5-6H2,1-4H3. The average molecular weight is 269 g/mol. The molecule has 1 atom stereocenters. The van der Waals surface area contributed by atoms with Gasteiger partial charge in [0.15, 0.2) is 11.2 Å². The largest absolute Gasteiger partial charge is 0.343 e. The minimum Gasteiger partial charge on any atom is -0.343 e. The first-order valence-corrected chi connectivity index (χ1v) is 7.10. The Morgan fingerprint density at radius 3 is 2.70 bits per heavy atom. The lowest BCUT2D eigenvalue weighted by Crippen LogP contribution is -2.24. The van der Waals surface area contributed by atoms with Crippen molar-refractivity contribution < 1.29 is 4.79 Å². The number of pyridine rings is 1. The Morgan fingerprint density at radius 2 is 2.05 bits per heavy atom. The van der Waals surface area contributed by atoms with Gasteiger partial charge in [0.05, 0.1) is 11.1 Å². The number of Topliss-reactive ketones (excluding diaryl/α,β-unsaturated/α-hetero) is 1. The molecular weight excluding hydrogens is 250 g/mol. The van der Waals surface area contributed by atoms with Gasteiger partial charge in [0, 0.05) is 17.6 Å². The molecule has 3 rings (SSSR count). The van der Waals surface area contributed by atoms with E-state index < -0.39 is 0 Å². The van der Waals surface area contributed by atoms with Gasteiger partial charge < -0.3 is 4.57 Å². The van der Waals surface area contributed by atoms with E-state index in [0.717, 1.165) is 23.9 Å². The monoisotopic (exact) mass is 269 g/mol. The molecule has 20 heavy (non-hydrogen) atoms. The van der Waals surface area contributed by atoms with E-state index in [1.807, 2.05) is 13.0 Å². The van der Waals surface area contributed by atoms with Gasteiger partial charge in [0.25, 0.3) is 0 Å². The molecule has 0 radical (unpaired) electrons. The van der Waals surface area contributed by atoms with Crippen molar-refractivity contribution >= 4 is 16.7 Å². The van der Waals surface area contributed by atoms with Crippen LogP contribution in [-0.2, 0) is 6.42 Å². The number of nitrogens with zero attached hydrogens (tertiary/aromatic N) is 1. The molecule has 0 amide bonds. The number of benzene rings is 1. The molecule has 1 aromatic heterocycles. The Balaban J connectivity index is 2.57. The average Bonchev–Trinajstić information content (AvgIpc) is 2.39. The number of ketones is 1. The summed E-state index contributed by atoms with van der Waals surface area (Å²) in [5.41, 5.74) is 4.88. The van der Waals surface area contributed by atoms with Crippen molar-refractivity contribution in [2.75, 3.05) is 0 Å². The van der Waals surface area contributed by atoms with Crippen LogP contribution in [0.15, 0.2) is 17.1 Å². The van der Waals surface area contributed by atoms with Crippen LogP contribution in [0, 0.1) is 13.8 Å². The van der Waals surface area contributed by atoms with Gasteiger partial charge >= 0.3 is 0 Å². The maximum atomic E-state index is 12.6. The summed E-state index contributed by atoms with van der Waals surface area (Å²) in [6, 6.07) is 2.27. The topological polar surface area (TPSA) is 39.1 Å². The molecular formula is C17H19NO2. The molecule has 1 aliphatic heterocycles. The molecule has 0 saturated carbocycles. The summed E-state index contributed by atoms with van der Waals surface area (Å²) in [6.07, 6.45) is 3.81. The lowest BCUT2D eigenvalue weighted by molar-refractivity contribution is 0.101. The fourth-order valence-electron chi connectivity index (χ4n) is 3.24. The van der Waals surface area contributed by atoms with Crippen LogP contribution in [0.4, 0.5) is 0 Å². The lowest BCUT2D eigenvalue weighted by atomic mass is 9.90. The Labute approximate surface area is 118 Å². The van der Waals surface area contributed by atoms with Crippen LogP contribution in [-0.4, -0.2) is 10.4 Å². The van der Waals surface area contributed by atoms with Gasteiger partial charge in [-0.3, -0.25) is 9.59 Å². The molecule has 3 nitrogen and oxygen atoms in total. The van der Waals surface area contributed by atoms with Crippen molar-refractivity contribution in [3.05, 3.63) is 44.7 Å². The van der Waals surface area contributed by atoms with E-state index in [4.69, 9.17) is 0 Å². The molecule has 0 N–H and O–H groups in total. The Morgan fingerprint density at radius 1 is 1.35 bits per heavy atom. The molecule has 1 aliphatic rings. The third kappa shape index (κ3) is 1.65. The summed E-state index contributed by atoms with van der Waals surface area (Å²) in [5, 5.41) is 0.697. The van der Waals surface area contributed by atoms with E-state index in [0.29, 0.717) is 17.0 Å². The van der Waals surface area contributed by atoms with E-state index in [-0.39, 0.29) is 11.2 Å². The first-order chi connectivity index (χ1) is 9.41. The number of rotatable bonds is 1. The van der Waals surface area contributed by atoms with E-state index in [2.05, 4.69) is 18.4 Å². The molecule has 2 heterocycles. The second-order valence-electron chi connectivity index (χ2n) is 5.92. The van der Waals surface area contributed by atoms with Crippen LogP contribution >= 0.6 is 0 Å². The Kier molecular flexibility index (Phi) is 2.82. The number of aryl methyl sites for hydroxylation is 2. The van der Waals surface area contributed by atoms with Gasteiger partial charge in [0.1, 0.15) is 0 Å². The molecule has 1 aromatic carbocycles. The van der Waals surface area contributed by atoms with Crippen LogP contribution < -0.4 is 5.43 Å². The first-order valence-electron chi connectivity index (χ1n) is 7.10. The van der Waals surface area contributed by atoms with Crippen LogP contribution in [0.25, 0.3) is 10.9 Å². The predicted octanol–water partition coefficient (Wildman–Crippen LogP) is 3.33. The second kappa shape index (κ2) is 4.30. The smallest absolute Gasteiger partial charge is 0.200 e. The molecule has 0 fully saturated rings. The van der Waals surface area contributed by atoms with E-state index in [1.54, 1.807) is 6.20 Å². The molecule has 2 aromatic rings. The molecule has 3 heteroatoms. The minimum atomic E-state index is -0.154. The summed E-state index contributed by atoms with van der Waals surface area (Å²) < 4.78 is 2.12. The van der Waals surface area contributed by atoms with Crippen LogP contribution in [0.3, 0.4) is 0 Å². The molecule has 104 valence electrons. The third-order valence-electron chi connectivity index (χ3n) is 4.63. The molecule has 0 aliphatic carbocycles. The summed E-state index contributed by atoms with van der Waals surface area (Å²) in [7, 11) is 0. The van der Waals surface area contributed by atoms with Gasteiger partial charge in [-0.25, -0.2) is 0 Å². The van der Waals surface area contributed by atoms with Gasteiger partial charge in [0.2, 0.25) is 0 Å². The molecule has 0 spiro atoms. The normalized spacial score (nSPS) is 17.5. The van der Waals surface area contributed by atoms with Crippen molar-refractivity contribution in [2.45, 2.75) is 46.6 Å². The SMILES string of the molecule is CC(=O)c1cn2c3c(c(C)c(C)cc3c1=O)CCC2C. The highest BCUT2D eigenvalue weighted by molar-refractivity contribution is 5.98. The van der Waals surface area contributed by atoms with Crippen LogP contribution in [0.2, 0.25) is 0 Å². The zero-order valence-corrected chi connectivity index (χ0v) is 12.4. The number of hydrogen-bond donors (Lipinski definition) is 0. The predicted molar refractivity (Wildman–Crippen MR) is 80.7 cm³/mol. The highest BCUT2D eigenvalue weighted by atomic mass is 16.1. The maximum Gasteiger partial charge on any atom is 0.200 e. The number of aromatic nitrogens is 1. The molecule has 0 bridgehead atoms. The molecule has 0 saturated heterocycles. The fourth-order valence-corrected chi connectivity index (χ4v) is 3.24. The summed E-state index contributed by atoms with van der Waals surface area (Å²) in [4.78, 5) is 24.3. The zero-order valence-electron chi connectivity index (χ0n) is 12.4. The van der Waals surface area contributed by atoms with Gasteiger partial charge in [-0.05, 0) is 63.3 Å². The maximum absolute atomic E-state index is 12.6. The second-order valence-corrected chi connectivity index (χ2v) is 5.92. The lowest BCUT2D eigenvalue weighted by Gasteiger charge is -2.28.